The lowest BCUT2D eigenvalue weighted by atomic mass is 9.82. The summed E-state index contributed by atoms with van der Waals surface area (Å²) >= 11 is 0. The lowest BCUT2D eigenvalue weighted by Crippen LogP contribution is -2.52. The Morgan fingerprint density at radius 3 is 2.50 bits per heavy atom. The largest absolute Gasteiger partial charge is 0.486 e. The van der Waals surface area contributed by atoms with Crippen LogP contribution < -0.4 is 4.74 Å². The lowest BCUT2D eigenvalue weighted by Gasteiger charge is -2.44. The summed E-state index contributed by atoms with van der Waals surface area (Å²) in [5.74, 6) is 0.178. The molecular weight excluding hydrogens is 580 g/mol. The Kier molecular flexibility index (Phi) is 6.60. The third kappa shape index (κ3) is 4.78. The maximum absolute atomic E-state index is 14.1. The molecule has 3 aliphatic rings. The molecule has 1 saturated heterocycles. The van der Waals surface area contributed by atoms with Gasteiger partial charge in [0.15, 0.2) is 5.78 Å². The molecule has 1 saturated carbocycles. The zero-order valence-corrected chi connectivity index (χ0v) is 25.9. The fourth-order valence-electron chi connectivity index (χ4n) is 7.11. The number of methoxy groups -OCH3 is 1. The Labute approximate surface area is 266 Å². The molecule has 0 unspecified atom stereocenters. The number of rotatable bonds is 5. The summed E-state index contributed by atoms with van der Waals surface area (Å²) in [5, 5.41) is 5.24. The van der Waals surface area contributed by atoms with Crippen molar-refractivity contribution in [2.45, 2.75) is 43.7 Å². The first-order chi connectivity index (χ1) is 22.3. The van der Waals surface area contributed by atoms with E-state index in [1.54, 1.807) is 16.9 Å². The number of hydrogen-bond acceptors (Lipinski definition) is 6. The second-order valence-electron chi connectivity index (χ2n) is 12.7. The van der Waals surface area contributed by atoms with Crippen LogP contribution in [-0.4, -0.2) is 62.7 Å². The first-order valence-corrected chi connectivity index (χ1v) is 15.8. The van der Waals surface area contributed by atoms with Crippen LogP contribution in [0, 0.1) is 0 Å². The van der Waals surface area contributed by atoms with E-state index in [2.05, 4.69) is 21.9 Å². The molecule has 0 N–H and O–H groups in total. The Balaban J connectivity index is 1.07. The number of likely N-dealkylation sites (tertiary alicyclic amines) is 1. The SMILES string of the molecule is COC(=O)c1ccccc1-c1cc(C(=O)N2CCC3(CC2)CC(=O)c2cc(-c4cnn(C)c4)ccc2O3)cc2c1ccn2C1CC1. The predicted octanol–water partition coefficient (Wildman–Crippen LogP) is 6.47. The average molecular weight is 615 g/mol. The van der Waals surface area contributed by atoms with E-state index in [0.29, 0.717) is 54.4 Å². The number of ether oxygens (including phenoxy) is 2. The highest BCUT2D eigenvalue weighted by Gasteiger charge is 2.44. The molecule has 46 heavy (non-hydrogen) atoms. The van der Waals surface area contributed by atoms with Crippen molar-refractivity contribution in [1.82, 2.24) is 19.2 Å². The van der Waals surface area contributed by atoms with Crippen molar-refractivity contribution in [1.29, 1.82) is 0 Å². The van der Waals surface area contributed by atoms with Crippen molar-refractivity contribution in [2.24, 2.45) is 7.05 Å². The Morgan fingerprint density at radius 1 is 0.957 bits per heavy atom. The van der Waals surface area contributed by atoms with Gasteiger partial charge in [-0.15, -0.1) is 0 Å². The topological polar surface area (TPSA) is 95.7 Å². The normalized spacial score (nSPS) is 17.2. The zero-order valence-electron chi connectivity index (χ0n) is 25.9. The minimum Gasteiger partial charge on any atom is -0.486 e. The molecule has 1 amide bonds. The molecule has 8 rings (SSSR count). The summed E-state index contributed by atoms with van der Waals surface area (Å²) in [5.41, 5.74) is 5.43. The van der Waals surface area contributed by atoms with E-state index >= 15 is 0 Å². The van der Waals surface area contributed by atoms with Gasteiger partial charge in [-0.25, -0.2) is 4.79 Å². The van der Waals surface area contributed by atoms with Crippen molar-refractivity contribution in [3.63, 3.8) is 0 Å². The predicted molar refractivity (Wildman–Crippen MR) is 173 cm³/mol. The van der Waals surface area contributed by atoms with Crippen molar-refractivity contribution in [3.05, 3.63) is 95.9 Å². The van der Waals surface area contributed by atoms with E-state index in [0.717, 1.165) is 46.0 Å². The standard InChI is InChI=1S/C37H34N4O5/c1-39-22-25(21-38-39)23-7-10-34-31(17-23)33(42)20-37(46-34)12-15-40(16-13-37)35(43)24-18-30(27-5-3-4-6-29(27)36(44)45-2)28-11-14-41(26-8-9-26)32(28)19-24/h3-7,10-11,14,17-19,21-22,26H,8-9,12-13,15-16,20H2,1-2H3. The highest BCUT2D eigenvalue weighted by atomic mass is 16.5. The van der Waals surface area contributed by atoms with Gasteiger partial charge in [0, 0.05) is 73.4 Å². The van der Waals surface area contributed by atoms with Gasteiger partial charge in [-0.05, 0) is 65.9 Å². The number of hydrogen-bond donors (Lipinski definition) is 0. The zero-order chi connectivity index (χ0) is 31.6. The Bertz CT molecular complexity index is 2040. The molecule has 9 nitrogen and oxygen atoms in total. The van der Waals surface area contributed by atoms with E-state index in [1.165, 1.54) is 7.11 Å². The van der Waals surface area contributed by atoms with Crippen molar-refractivity contribution in [2.75, 3.05) is 20.2 Å². The van der Waals surface area contributed by atoms with Gasteiger partial charge in [-0.2, -0.15) is 5.10 Å². The van der Waals surface area contributed by atoms with Crippen LogP contribution in [0.4, 0.5) is 0 Å². The Morgan fingerprint density at radius 2 is 1.76 bits per heavy atom. The molecule has 3 aromatic carbocycles. The molecule has 5 aromatic rings. The fourth-order valence-corrected chi connectivity index (χ4v) is 7.11. The summed E-state index contributed by atoms with van der Waals surface area (Å²) < 4.78 is 15.6. The van der Waals surface area contributed by atoms with Crippen LogP contribution in [-0.2, 0) is 11.8 Å². The molecule has 1 aliphatic carbocycles. The average Bonchev–Trinajstić information content (AvgIpc) is 3.68. The summed E-state index contributed by atoms with van der Waals surface area (Å²) in [6.45, 7) is 0.954. The highest BCUT2D eigenvalue weighted by Crippen LogP contribution is 2.43. The summed E-state index contributed by atoms with van der Waals surface area (Å²) in [7, 11) is 3.24. The number of piperidine rings is 1. The fraction of sp³-hybridized carbons (Fsp3) is 0.297. The van der Waals surface area contributed by atoms with E-state index in [4.69, 9.17) is 9.47 Å². The second-order valence-corrected chi connectivity index (χ2v) is 12.7. The molecule has 0 radical (unpaired) electrons. The number of aromatic nitrogens is 3. The van der Waals surface area contributed by atoms with Crippen molar-refractivity contribution < 1.29 is 23.9 Å². The van der Waals surface area contributed by atoms with Crippen LogP contribution in [0.5, 0.6) is 5.75 Å². The van der Waals surface area contributed by atoms with Crippen LogP contribution in [0.1, 0.15) is 69.2 Å². The molecule has 0 atom stereocenters. The summed E-state index contributed by atoms with van der Waals surface area (Å²) in [4.78, 5) is 42.2. The van der Waals surface area contributed by atoms with Gasteiger partial charge in [-0.3, -0.25) is 14.3 Å². The number of nitrogens with zero attached hydrogens (tertiary/aromatic N) is 4. The van der Waals surface area contributed by atoms with Gasteiger partial charge in [0.25, 0.3) is 5.91 Å². The molecule has 2 fully saturated rings. The third-order valence-corrected chi connectivity index (χ3v) is 9.74. The molecular formula is C37H34N4O5. The van der Waals surface area contributed by atoms with Gasteiger partial charge in [-0.1, -0.05) is 24.3 Å². The third-order valence-electron chi connectivity index (χ3n) is 9.74. The smallest absolute Gasteiger partial charge is 0.338 e. The van der Waals surface area contributed by atoms with Gasteiger partial charge in [0.1, 0.15) is 11.4 Å². The van der Waals surface area contributed by atoms with Crippen LogP contribution in [0.3, 0.4) is 0 Å². The maximum atomic E-state index is 14.1. The molecule has 9 heteroatoms. The number of fused-ring (bicyclic) bond motifs is 2. The van der Waals surface area contributed by atoms with Crippen molar-refractivity contribution in [3.8, 4) is 28.0 Å². The van der Waals surface area contributed by atoms with Crippen molar-refractivity contribution >= 4 is 28.6 Å². The van der Waals surface area contributed by atoms with Gasteiger partial charge >= 0.3 is 5.97 Å². The second kappa shape index (κ2) is 10.7. The van der Waals surface area contributed by atoms with E-state index < -0.39 is 11.6 Å². The molecule has 2 aliphatic heterocycles. The van der Waals surface area contributed by atoms with E-state index in [9.17, 15) is 14.4 Å². The monoisotopic (exact) mass is 614 g/mol. The van der Waals surface area contributed by atoms with E-state index in [-0.39, 0.29) is 18.1 Å². The quantitative estimate of drug-likeness (QED) is 0.211. The van der Waals surface area contributed by atoms with E-state index in [1.807, 2.05) is 66.7 Å². The van der Waals surface area contributed by atoms with Gasteiger partial charge in [0.2, 0.25) is 0 Å². The first-order valence-electron chi connectivity index (χ1n) is 15.8. The molecule has 232 valence electrons. The number of carbonyl (C=O) groups is 3. The molecule has 4 heterocycles. The number of amides is 1. The minimum absolute atomic E-state index is 0.0620. The Hall–Kier alpha value is -5.18. The number of ketones is 1. The molecule has 0 bridgehead atoms. The maximum Gasteiger partial charge on any atom is 0.338 e. The van der Waals surface area contributed by atoms with Crippen LogP contribution in [0.15, 0.2) is 79.3 Å². The molecule has 1 spiro atoms. The number of esters is 1. The van der Waals surface area contributed by atoms with Gasteiger partial charge < -0.3 is 18.9 Å². The van der Waals surface area contributed by atoms with Crippen LogP contribution in [0.2, 0.25) is 0 Å². The summed E-state index contributed by atoms with van der Waals surface area (Å²) in [6.07, 6.45) is 9.42. The number of aryl methyl sites for hydroxylation is 1. The highest BCUT2D eigenvalue weighted by molar-refractivity contribution is 6.08. The summed E-state index contributed by atoms with van der Waals surface area (Å²) in [6, 6.07) is 19.5. The molecule has 2 aromatic heterocycles. The minimum atomic E-state index is -0.633. The number of benzene rings is 3. The van der Waals surface area contributed by atoms with Gasteiger partial charge in [0.05, 0.1) is 30.9 Å². The first kappa shape index (κ1) is 28.3. The number of carbonyl (C=O) groups excluding carboxylic acids is 3. The lowest BCUT2D eigenvalue weighted by molar-refractivity contribution is -0.00570. The number of Topliss-reactive ketones (excluding diaryl/α,β-unsaturated/α-hetero) is 1. The van der Waals surface area contributed by atoms with Crippen LogP contribution in [0.25, 0.3) is 33.2 Å². The van der Waals surface area contributed by atoms with Crippen LogP contribution >= 0.6 is 0 Å².